The summed E-state index contributed by atoms with van der Waals surface area (Å²) in [6.07, 6.45) is 5.97. The molecule has 9 nitrogen and oxygen atoms in total. The van der Waals surface area contributed by atoms with Gasteiger partial charge in [0.05, 0.1) is 23.3 Å². The minimum absolute atomic E-state index is 0.209. The van der Waals surface area contributed by atoms with Crippen molar-refractivity contribution >= 4 is 33.0 Å². The molecule has 1 aromatic carbocycles. The second-order valence-electron chi connectivity index (χ2n) is 9.35. The molecular formula is C28H33N3O6S. The zero-order valence-electron chi connectivity index (χ0n) is 21.9. The molecule has 1 aliphatic rings. The molecule has 0 bridgehead atoms. The predicted octanol–water partition coefficient (Wildman–Crippen LogP) is 4.36. The Balaban J connectivity index is 1.57. The molecule has 38 heavy (non-hydrogen) atoms. The fraction of sp³-hybridized carbons (Fsp3) is 0.393. The number of rotatable bonds is 12. The molecule has 4 rings (SSSR count). The van der Waals surface area contributed by atoms with Crippen molar-refractivity contribution in [3.63, 3.8) is 0 Å². The molecule has 2 aromatic heterocycles. The van der Waals surface area contributed by atoms with Gasteiger partial charge in [-0.25, -0.2) is 22.9 Å². The minimum Gasteiger partial charge on any atom is -0.463 e. The van der Waals surface area contributed by atoms with Gasteiger partial charge < -0.3 is 14.5 Å². The second kappa shape index (κ2) is 11.9. The number of esters is 1. The standard InChI is InChI=1S/C28H33N3O6S/c1-4-36-24(32)8-6-5-7-15-30-38(34,35)17-23-21(19-13-14-19)16-22-25(27(33)29-3)26(37-28(22)31-23)20-11-9-18(2)10-12-20/h6,8-12,16,19,30H,4-5,7,13-15,17H2,1-3H3,(H,29,33). The van der Waals surface area contributed by atoms with E-state index in [9.17, 15) is 18.0 Å². The number of amides is 1. The van der Waals surface area contributed by atoms with Crippen LogP contribution in [0.5, 0.6) is 0 Å². The van der Waals surface area contributed by atoms with Crippen molar-refractivity contribution in [1.29, 1.82) is 0 Å². The summed E-state index contributed by atoms with van der Waals surface area (Å²) in [7, 11) is -2.11. The summed E-state index contributed by atoms with van der Waals surface area (Å²) in [5.41, 5.74) is 3.72. The average molecular weight is 540 g/mol. The Kier molecular flexibility index (Phi) is 8.63. The lowest BCUT2D eigenvalue weighted by atomic mass is 10.0. The topological polar surface area (TPSA) is 128 Å². The fourth-order valence-corrected chi connectivity index (χ4v) is 5.39. The van der Waals surface area contributed by atoms with Crippen molar-refractivity contribution < 1.29 is 27.2 Å². The van der Waals surface area contributed by atoms with E-state index in [-0.39, 0.29) is 29.8 Å². The van der Waals surface area contributed by atoms with E-state index in [1.807, 2.05) is 37.3 Å². The number of sulfonamides is 1. The van der Waals surface area contributed by atoms with E-state index >= 15 is 0 Å². The van der Waals surface area contributed by atoms with E-state index in [2.05, 4.69) is 15.0 Å². The van der Waals surface area contributed by atoms with Crippen LogP contribution in [0.4, 0.5) is 0 Å². The lowest BCUT2D eigenvalue weighted by molar-refractivity contribution is -0.137. The van der Waals surface area contributed by atoms with Crippen LogP contribution in [0.1, 0.15) is 65.7 Å². The van der Waals surface area contributed by atoms with Crippen LogP contribution in [0, 0.1) is 6.92 Å². The van der Waals surface area contributed by atoms with Gasteiger partial charge in [-0.05, 0) is 57.1 Å². The van der Waals surface area contributed by atoms with Crippen LogP contribution in [0.3, 0.4) is 0 Å². The van der Waals surface area contributed by atoms with E-state index in [1.165, 1.54) is 6.08 Å². The predicted molar refractivity (Wildman–Crippen MR) is 145 cm³/mol. The van der Waals surface area contributed by atoms with Crippen LogP contribution < -0.4 is 10.0 Å². The van der Waals surface area contributed by atoms with Gasteiger partial charge >= 0.3 is 5.97 Å². The SMILES string of the molecule is CCOC(=O)C=CCCCNS(=O)(=O)Cc1nc2oc(-c3ccc(C)cc3)c(C(=O)NC)c2cc1C1CC1. The molecule has 0 atom stereocenters. The molecule has 1 fully saturated rings. The molecule has 0 radical (unpaired) electrons. The van der Waals surface area contributed by atoms with Gasteiger partial charge in [0, 0.05) is 25.2 Å². The summed E-state index contributed by atoms with van der Waals surface area (Å²) >= 11 is 0. The Morgan fingerprint density at radius 2 is 1.95 bits per heavy atom. The van der Waals surface area contributed by atoms with Gasteiger partial charge in [0.2, 0.25) is 15.7 Å². The number of hydrogen-bond acceptors (Lipinski definition) is 7. The number of allylic oxidation sites excluding steroid dienone is 1. The number of fused-ring (bicyclic) bond motifs is 1. The Morgan fingerprint density at radius 1 is 1.21 bits per heavy atom. The van der Waals surface area contributed by atoms with Crippen molar-refractivity contribution in [3.8, 4) is 11.3 Å². The Morgan fingerprint density at radius 3 is 2.61 bits per heavy atom. The van der Waals surface area contributed by atoms with E-state index in [4.69, 9.17) is 9.15 Å². The third kappa shape index (κ3) is 6.68. The molecule has 1 saturated carbocycles. The molecule has 0 unspecified atom stereocenters. The number of benzene rings is 1. The van der Waals surface area contributed by atoms with Gasteiger partial charge in [0.25, 0.3) is 5.91 Å². The molecule has 0 spiro atoms. The zero-order valence-corrected chi connectivity index (χ0v) is 22.7. The summed E-state index contributed by atoms with van der Waals surface area (Å²) in [5, 5.41) is 3.26. The van der Waals surface area contributed by atoms with Crippen LogP contribution in [0.15, 0.2) is 46.9 Å². The molecule has 2 heterocycles. The van der Waals surface area contributed by atoms with Crippen LogP contribution in [0.2, 0.25) is 0 Å². The first kappa shape index (κ1) is 27.5. The first-order valence-corrected chi connectivity index (χ1v) is 14.4. The van der Waals surface area contributed by atoms with E-state index in [0.717, 1.165) is 29.5 Å². The summed E-state index contributed by atoms with van der Waals surface area (Å²) in [6, 6.07) is 9.53. The Hall–Kier alpha value is -3.50. The third-order valence-electron chi connectivity index (χ3n) is 6.32. The van der Waals surface area contributed by atoms with Crippen molar-refractivity contribution in [2.24, 2.45) is 0 Å². The largest absolute Gasteiger partial charge is 0.463 e. The van der Waals surface area contributed by atoms with Crippen molar-refractivity contribution in [2.45, 2.75) is 51.2 Å². The highest BCUT2D eigenvalue weighted by Crippen LogP contribution is 2.44. The molecule has 1 aliphatic carbocycles. The maximum atomic E-state index is 12.9. The van der Waals surface area contributed by atoms with Gasteiger partial charge in [-0.2, -0.15) is 0 Å². The zero-order chi connectivity index (χ0) is 27.3. The van der Waals surface area contributed by atoms with Crippen molar-refractivity contribution in [1.82, 2.24) is 15.0 Å². The lowest BCUT2D eigenvalue weighted by Gasteiger charge is -2.10. The smallest absolute Gasteiger partial charge is 0.330 e. The summed E-state index contributed by atoms with van der Waals surface area (Å²) in [5.74, 6) is -0.376. The molecule has 202 valence electrons. The number of carbonyl (C=O) groups excluding carboxylic acids is 2. The van der Waals surface area contributed by atoms with Gasteiger partial charge in [0.1, 0.15) is 11.5 Å². The molecular weight excluding hydrogens is 506 g/mol. The number of furan rings is 1. The highest BCUT2D eigenvalue weighted by molar-refractivity contribution is 7.88. The number of aromatic nitrogens is 1. The van der Waals surface area contributed by atoms with Gasteiger partial charge in [-0.3, -0.25) is 4.79 Å². The summed E-state index contributed by atoms with van der Waals surface area (Å²) in [4.78, 5) is 28.9. The lowest BCUT2D eigenvalue weighted by Crippen LogP contribution is -2.27. The number of aryl methyl sites for hydroxylation is 1. The fourth-order valence-electron chi connectivity index (χ4n) is 4.25. The number of nitrogens with zero attached hydrogens (tertiary/aromatic N) is 1. The highest BCUT2D eigenvalue weighted by Gasteiger charge is 2.31. The summed E-state index contributed by atoms with van der Waals surface area (Å²) in [6.45, 7) is 4.25. The number of carbonyl (C=O) groups is 2. The van der Waals surface area contributed by atoms with Gasteiger partial charge in [0.15, 0.2) is 0 Å². The van der Waals surface area contributed by atoms with E-state index < -0.39 is 16.0 Å². The van der Waals surface area contributed by atoms with Crippen LogP contribution in [-0.2, 0) is 25.3 Å². The Labute approximate surface area is 222 Å². The first-order chi connectivity index (χ1) is 18.2. The number of nitrogens with one attached hydrogen (secondary N) is 2. The van der Waals surface area contributed by atoms with Crippen LogP contribution in [-0.4, -0.2) is 45.5 Å². The highest BCUT2D eigenvalue weighted by atomic mass is 32.2. The third-order valence-corrected chi connectivity index (χ3v) is 7.61. The van der Waals surface area contributed by atoms with Gasteiger partial charge in [-0.15, -0.1) is 0 Å². The summed E-state index contributed by atoms with van der Waals surface area (Å²) < 4.78 is 39.3. The maximum Gasteiger partial charge on any atom is 0.330 e. The number of unbranched alkanes of at least 4 members (excludes halogenated alkanes) is 1. The quantitative estimate of drug-likeness (QED) is 0.199. The minimum atomic E-state index is -3.67. The molecule has 2 N–H and O–H groups in total. The monoisotopic (exact) mass is 539 g/mol. The molecule has 10 heteroatoms. The average Bonchev–Trinajstić information content (AvgIpc) is 3.66. The number of hydrogen-bond donors (Lipinski definition) is 2. The normalized spacial score (nSPS) is 13.8. The molecule has 3 aromatic rings. The van der Waals surface area contributed by atoms with Crippen LogP contribution in [0.25, 0.3) is 22.4 Å². The number of ether oxygens (including phenoxy) is 1. The molecule has 0 saturated heterocycles. The van der Waals surface area contributed by atoms with Crippen molar-refractivity contribution in [3.05, 3.63) is 64.9 Å². The molecule has 0 aliphatic heterocycles. The Bertz CT molecular complexity index is 1450. The van der Waals surface area contributed by atoms with Crippen LogP contribution >= 0.6 is 0 Å². The first-order valence-electron chi connectivity index (χ1n) is 12.8. The maximum absolute atomic E-state index is 12.9. The van der Waals surface area contributed by atoms with E-state index in [0.29, 0.717) is 41.9 Å². The second-order valence-corrected chi connectivity index (χ2v) is 11.2. The number of pyridine rings is 1. The van der Waals surface area contributed by atoms with E-state index in [1.54, 1.807) is 20.0 Å². The molecule has 1 amide bonds. The van der Waals surface area contributed by atoms with Gasteiger partial charge in [-0.1, -0.05) is 35.9 Å². The van der Waals surface area contributed by atoms with Crippen molar-refractivity contribution in [2.75, 3.05) is 20.2 Å².